The fourth-order valence-corrected chi connectivity index (χ4v) is 4.26. The van der Waals surface area contributed by atoms with Crippen molar-refractivity contribution < 1.29 is 18.7 Å². The lowest BCUT2D eigenvalue weighted by Crippen LogP contribution is -2.13. The maximum absolute atomic E-state index is 12.9. The molecule has 9 heteroatoms. The number of thiazole rings is 1. The maximum atomic E-state index is 12.9. The summed E-state index contributed by atoms with van der Waals surface area (Å²) < 4.78 is 18.7. The maximum Gasteiger partial charge on any atom is 0.275 e. The monoisotopic (exact) mass is 460 g/mol. The van der Waals surface area contributed by atoms with Gasteiger partial charge in [0.25, 0.3) is 5.91 Å². The molecule has 1 N–H and O–H groups in total. The minimum Gasteiger partial charge on any atom is -0.493 e. The Morgan fingerprint density at radius 1 is 1.15 bits per heavy atom. The van der Waals surface area contributed by atoms with Gasteiger partial charge in [-0.25, -0.2) is 9.97 Å². The largest absolute Gasteiger partial charge is 0.493 e. The minimum atomic E-state index is -0.307. The molecule has 0 aliphatic heterocycles. The second kappa shape index (κ2) is 8.79. The van der Waals surface area contributed by atoms with Crippen LogP contribution in [-0.4, -0.2) is 27.4 Å². The molecule has 0 bridgehead atoms. The SMILES string of the molecule is COc1ccc(NC(=O)c2nc(-c3ccco3)sc2C)cc1OCc1cn2ccccc2n1. The molecular weight excluding hydrogens is 440 g/mol. The average Bonchev–Trinajstić information content (AvgIpc) is 3.57. The van der Waals surface area contributed by atoms with Gasteiger partial charge in [0, 0.05) is 29.0 Å². The van der Waals surface area contributed by atoms with Crippen LogP contribution < -0.4 is 14.8 Å². The topological polar surface area (TPSA) is 90.9 Å². The van der Waals surface area contributed by atoms with Gasteiger partial charge in [0.05, 0.1) is 19.1 Å². The van der Waals surface area contributed by atoms with Crippen LogP contribution in [0.2, 0.25) is 0 Å². The van der Waals surface area contributed by atoms with Crippen molar-refractivity contribution in [3.63, 3.8) is 0 Å². The Balaban J connectivity index is 1.33. The fourth-order valence-electron chi connectivity index (χ4n) is 3.38. The molecule has 4 aromatic heterocycles. The van der Waals surface area contributed by atoms with Crippen LogP contribution in [0.5, 0.6) is 11.5 Å². The first-order chi connectivity index (χ1) is 16.1. The number of benzene rings is 1. The van der Waals surface area contributed by atoms with Crippen LogP contribution in [-0.2, 0) is 6.61 Å². The zero-order valence-corrected chi connectivity index (χ0v) is 18.8. The Hall–Kier alpha value is -4.11. The predicted molar refractivity (Wildman–Crippen MR) is 125 cm³/mol. The van der Waals surface area contributed by atoms with Crippen LogP contribution in [0.1, 0.15) is 21.1 Å². The summed E-state index contributed by atoms with van der Waals surface area (Å²) in [6, 6.07) is 14.6. The normalized spacial score (nSPS) is 11.0. The molecule has 0 aliphatic carbocycles. The van der Waals surface area contributed by atoms with Crippen LogP contribution in [0.15, 0.2) is 71.6 Å². The average molecular weight is 461 g/mol. The molecule has 0 saturated carbocycles. The van der Waals surface area contributed by atoms with Crippen molar-refractivity contribution in [3.8, 4) is 22.3 Å². The predicted octanol–water partition coefficient (Wildman–Crippen LogP) is 5.20. The number of pyridine rings is 1. The Labute approximate surface area is 193 Å². The van der Waals surface area contributed by atoms with E-state index in [9.17, 15) is 4.79 Å². The third-order valence-corrected chi connectivity index (χ3v) is 5.94. The van der Waals surface area contributed by atoms with Crippen molar-refractivity contribution >= 4 is 28.6 Å². The van der Waals surface area contributed by atoms with Gasteiger partial charge in [-0.3, -0.25) is 4.79 Å². The first-order valence-corrected chi connectivity index (χ1v) is 11.0. The summed E-state index contributed by atoms with van der Waals surface area (Å²) in [5, 5.41) is 3.55. The molecule has 33 heavy (non-hydrogen) atoms. The highest BCUT2D eigenvalue weighted by Crippen LogP contribution is 2.32. The third kappa shape index (κ3) is 4.31. The fraction of sp³-hybridized carbons (Fsp3) is 0.125. The van der Waals surface area contributed by atoms with E-state index < -0.39 is 0 Å². The Morgan fingerprint density at radius 3 is 2.85 bits per heavy atom. The number of fused-ring (bicyclic) bond motifs is 1. The molecule has 0 unspecified atom stereocenters. The van der Waals surface area contributed by atoms with E-state index in [1.165, 1.54) is 11.3 Å². The number of rotatable bonds is 7. The molecular formula is C24H20N4O4S. The molecule has 0 spiro atoms. The summed E-state index contributed by atoms with van der Waals surface area (Å²) in [7, 11) is 1.57. The number of hydrogen-bond donors (Lipinski definition) is 1. The molecule has 5 aromatic rings. The Morgan fingerprint density at radius 2 is 2.06 bits per heavy atom. The molecule has 4 heterocycles. The van der Waals surface area contributed by atoms with Gasteiger partial charge in [-0.2, -0.15) is 0 Å². The first-order valence-electron chi connectivity index (χ1n) is 10.2. The van der Waals surface area contributed by atoms with Gasteiger partial charge in [-0.15, -0.1) is 11.3 Å². The summed E-state index contributed by atoms with van der Waals surface area (Å²) in [6.45, 7) is 2.11. The second-order valence-corrected chi connectivity index (χ2v) is 8.41. The van der Waals surface area contributed by atoms with Gasteiger partial charge in [-0.1, -0.05) is 6.07 Å². The second-order valence-electron chi connectivity index (χ2n) is 7.21. The molecule has 0 saturated heterocycles. The number of aromatic nitrogens is 3. The van der Waals surface area contributed by atoms with E-state index in [0.29, 0.717) is 33.6 Å². The van der Waals surface area contributed by atoms with E-state index in [0.717, 1.165) is 16.2 Å². The number of aryl methyl sites for hydroxylation is 1. The summed E-state index contributed by atoms with van der Waals surface area (Å²) in [5.74, 6) is 1.38. The van der Waals surface area contributed by atoms with E-state index in [1.54, 1.807) is 37.6 Å². The van der Waals surface area contributed by atoms with Crippen LogP contribution in [0.4, 0.5) is 5.69 Å². The zero-order chi connectivity index (χ0) is 22.8. The number of amides is 1. The van der Waals surface area contributed by atoms with Crippen molar-refractivity contribution in [1.82, 2.24) is 14.4 Å². The van der Waals surface area contributed by atoms with Crippen molar-refractivity contribution in [2.45, 2.75) is 13.5 Å². The highest BCUT2D eigenvalue weighted by atomic mass is 32.1. The van der Waals surface area contributed by atoms with Crippen LogP contribution >= 0.6 is 11.3 Å². The van der Waals surface area contributed by atoms with Gasteiger partial charge >= 0.3 is 0 Å². The van der Waals surface area contributed by atoms with Crippen molar-refractivity contribution in [3.05, 3.63) is 83.5 Å². The highest BCUT2D eigenvalue weighted by Gasteiger charge is 2.18. The number of nitrogens with zero attached hydrogens (tertiary/aromatic N) is 3. The lowest BCUT2D eigenvalue weighted by molar-refractivity contribution is 0.102. The Kier molecular flexibility index (Phi) is 5.54. The summed E-state index contributed by atoms with van der Waals surface area (Å²) in [4.78, 5) is 22.7. The number of ether oxygens (including phenoxy) is 2. The first kappa shape index (κ1) is 20.8. The van der Waals surface area contributed by atoms with Crippen LogP contribution in [0.25, 0.3) is 16.4 Å². The molecule has 166 valence electrons. The lowest BCUT2D eigenvalue weighted by atomic mass is 10.2. The molecule has 0 atom stereocenters. The van der Waals surface area contributed by atoms with Gasteiger partial charge < -0.3 is 23.6 Å². The smallest absolute Gasteiger partial charge is 0.275 e. The van der Waals surface area contributed by atoms with Crippen LogP contribution in [0.3, 0.4) is 0 Å². The van der Waals surface area contributed by atoms with Crippen molar-refractivity contribution in [2.24, 2.45) is 0 Å². The van der Waals surface area contributed by atoms with E-state index in [-0.39, 0.29) is 12.5 Å². The Bertz CT molecular complexity index is 1390. The van der Waals surface area contributed by atoms with Crippen LogP contribution in [0, 0.1) is 6.92 Å². The van der Waals surface area contributed by atoms with Crippen molar-refractivity contribution in [1.29, 1.82) is 0 Å². The number of carbonyl (C=O) groups excluding carboxylic acids is 1. The quantitative estimate of drug-likeness (QED) is 0.359. The molecule has 0 radical (unpaired) electrons. The summed E-state index contributed by atoms with van der Waals surface area (Å²) >= 11 is 1.41. The molecule has 0 aliphatic rings. The molecule has 1 aromatic carbocycles. The number of hydrogen-bond acceptors (Lipinski definition) is 7. The molecule has 5 rings (SSSR count). The standard InChI is InChI=1S/C24H20N4O4S/c1-15-22(27-24(33-15)19-6-5-11-31-19)23(29)26-16-8-9-18(30-2)20(12-16)32-14-17-13-28-10-4-3-7-21(28)25-17/h3-13H,14H2,1-2H3,(H,26,29). The van der Waals surface area contributed by atoms with Gasteiger partial charge in [-0.05, 0) is 43.3 Å². The number of carbonyl (C=O) groups is 1. The van der Waals surface area contributed by atoms with Gasteiger partial charge in [0.1, 0.15) is 17.9 Å². The number of imidazole rings is 1. The minimum absolute atomic E-state index is 0.257. The number of furan rings is 1. The van der Waals surface area contributed by atoms with E-state index in [4.69, 9.17) is 13.9 Å². The van der Waals surface area contributed by atoms with E-state index in [2.05, 4.69) is 15.3 Å². The summed E-state index contributed by atoms with van der Waals surface area (Å²) in [5.41, 5.74) is 2.55. The summed E-state index contributed by atoms with van der Waals surface area (Å²) in [6.07, 6.45) is 5.42. The van der Waals surface area contributed by atoms with E-state index in [1.807, 2.05) is 48.0 Å². The van der Waals surface area contributed by atoms with Gasteiger partial charge in [0.15, 0.2) is 22.3 Å². The zero-order valence-electron chi connectivity index (χ0n) is 17.9. The third-order valence-electron chi connectivity index (χ3n) is 4.95. The van der Waals surface area contributed by atoms with Crippen molar-refractivity contribution in [2.75, 3.05) is 12.4 Å². The number of nitrogens with one attached hydrogen (secondary N) is 1. The van der Waals surface area contributed by atoms with Gasteiger partial charge in [0.2, 0.25) is 0 Å². The van der Waals surface area contributed by atoms with E-state index >= 15 is 0 Å². The molecule has 8 nitrogen and oxygen atoms in total. The number of methoxy groups -OCH3 is 1. The molecule has 0 fully saturated rings. The number of anilines is 1. The highest BCUT2D eigenvalue weighted by molar-refractivity contribution is 7.15. The lowest BCUT2D eigenvalue weighted by Gasteiger charge is -2.12. The molecule has 1 amide bonds.